The summed E-state index contributed by atoms with van der Waals surface area (Å²) in [4.78, 5) is 19.8. The molecule has 0 saturated carbocycles. The summed E-state index contributed by atoms with van der Waals surface area (Å²) in [6.45, 7) is 5.96. The molecule has 1 aliphatic carbocycles. The summed E-state index contributed by atoms with van der Waals surface area (Å²) in [5.41, 5.74) is 1.01. The molecule has 4 heteroatoms. The van der Waals surface area contributed by atoms with E-state index in [9.17, 15) is 4.79 Å². The van der Waals surface area contributed by atoms with Gasteiger partial charge in [0.25, 0.3) is 5.91 Å². The van der Waals surface area contributed by atoms with Crippen LogP contribution in [-0.4, -0.2) is 35.7 Å². The number of allylic oxidation sites excluding steroid dienone is 2. The van der Waals surface area contributed by atoms with Crippen LogP contribution < -0.4 is 0 Å². The maximum Gasteiger partial charge on any atom is 0.266 e. The number of carbonyl (C=O) groups excluding carboxylic acids is 1. The van der Waals surface area contributed by atoms with Gasteiger partial charge in [-0.15, -0.1) is 0 Å². The van der Waals surface area contributed by atoms with E-state index in [-0.39, 0.29) is 12.0 Å². The van der Waals surface area contributed by atoms with Crippen LogP contribution in [0.5, 0.6) is 0 Å². The minimum absolute atomic E-state index is 0.133. The topological polar surface area (TPSA) is 41.9 Å². The lowest BCUT2D eigenvalue weighted by Crippen LogP contribution is -2.38. The van der Waals surface area contributed by atoms with Crippen LogP contribution >= 0.6 is 0 Å². The minimum atomic E-state index is -0.370. The van der Waals surface area contributed by atoms with Crippen LogP contribution in [0, 0.1) is 17.8 Å². The Kier molecular flexibility index (Phi) is 3.33. The second-order valence-corrected chi connectivity index (χ2v) is 6.24. The fourth-order valence-electron chi connectivity index (χ4n) is 3.27. The lowest BCUT2D eigenvalue weighted by molar-refractivity contribution is -0.141. The van der Waals surface area contributed by atoms with Gasteiger partial charge in [0.1, 0.15) is 0 Å². The Balaban J connectivity index is 1.58. The summed E-state index contributed by atoms with van der Waals surface area (Å²) < 4.78 is 0. The normalized spacial score (nSPS) is 33.3. The first-order valence-electron chi connectivity index (χ1n) is 7.31. The molecule has 104 valence electrons. The summed E-state index contributed by atoms with van der Waals surface area (Å²) in [5.74, 6) is 1.80. The molecule has 1 saturated heterocycles. The first kappa shape index (κ1) is 12.7. The van der Waals surface area contributed by atoms with Gasteiger partial charge in [-0.3, -0.25) is 4.79 Å². The average Bonchev–Trinajstić information content (AvgIpc) is 3.04. The van der Waals surface area contributed by atoms with Crippen molar-refractivity contribution in [2.45, 2.75) is 39.2 Å². The highest BCUT2D eigenvalue weighted by Crippen LogP contribution is 2.33. The van der Waals surface area contributed by atoms with E-state index in [4.69, 9.17) is 4.84 Å². The van der Waals surface area contributed by atoms with Gasteiger partial charge in [0.15, 0.2) is 0 Å². The molecule has 0 spiro atoms. The zero-order valence-electron chi connectivity index (χ0n) is 11.7. The molecule has 1 fully saturated rings. The molecule has 0 aromatic rings. The van der Waals surface area contributed by atoms with E-state index in [1.165, 1.54) is 0 Å². The van der Waals surface area contributed by atoms with Gasteiger partial charge in [-0.05, 0) is 30.6 Å². The number of likely N-dealkylation sites (tertiary alicyclic amines) is 1. The van der Waals surface area contributed by atoms with E-state index in [0.717, 1.165) is 31.6 Å². The van der Waals surface area contributed by atoms with Gasteiger partial charge in [-0.25, -0.2) is 0 Å². The first-order chi connectivity index (χ1) is 9.15. The third-order valence-electron chi connectivity index (χ3n) is 4.57. The summed E-state index contributed by atoms with van der Waals surface area (Å²) in [7, 11) is 0. The largest absolute Gasteiger partial charge is 0.382 e. The van der Waals surface area contributed by atoms with Crippen molar-refractivity contribution in [1.82, 2.24) is 4.90 Å². The van der Waals surface area contributed by atoms with Crippen LogP contribution in [0.25, 0.3) is 0 Å². The predicted molar refractivity (Wildman–Crippen MR) is 73.7 cm³/mol. The molecule has 2 heterocycles. The molecule has 0 N–H and O–H groups in total. The first-order valence-corrected chi connectivity index (χ1v) is 7.31. The van der Waals surface area contributed by atoms with Crippen molar-refractivity contribution in [3.8, 4) is 0 Å². The number of oxime groups is 1. The van der Waals surface area contributed by atoms with Gasteiger partial charge in [0.2, 0.25) is 6.10 Å². The number of hydrogen-bond donors (Lipinski definition) is 0. The van der Waals surface area contributed by atoms with Crippen molar-refractivity contribution >= 4 is 11.6 Å². The van der Waals surface area contributed by atoms with E-state index >= 15 is 0 Å². The maximum absolute atomic E-state index is 12.5. The Morgan fingerprint density at radius 1 is 1.32 bits per heavy atom. The van der Waals surface area contributed by atoms with E-state index in [2.05, 4.69) is 31.2 Å². The number of nitrogens with zero attached hydrogens (tertiary/aromatic N) is 2. The van der Waals surface area contributed by atoms with E-state index in [1.807, 2.05) is 4.90 Å². The summed E-state index contributed by atoms with van der Waals surface area (Å²) in [5, 5.41) is 4.06. The summed E-state index contributed by atoms with van der Waals surface area (Å²) >= 11 is 0. The molecule has 19 heavy (non-hydrogen) atoms. The number of amides is 1. The maximum atomic E-state index is 12.5. The average molecular weight is 262 g/mol. The van der Waals surface area contributed by atoms with E-state index in [1.54, 1.807) is 0 Å². The lowest BCUT2D eigenvalue weighted by Gasteiger charge is -2.19. The number of hydrogen-bond acceptors (Lipinski definition) is 3. The highest BCUT2D eigenvalue weighted by atomic mass is 16.6. The molecule has 1 unspecified atom stereocenters. The third kappa shape index (κ3) is 2.40. The van der Waals surface area contributed by atoms with Crippen LogP contribution in [0.1, 0.15) is 33.1 Å². The zero-order chi connectivity index (χ0) is 13.4. The molecule has 0 bridgehead atoms. The Morgan fingerprint density at radius 3 is 2.47 bits per heavy atom. The van der Waals surface area contributed by atoms with Crippen molar-refractivity contribution < 1.29 is 9.63 Å². The fourth-order valence-corrected chi connectivity index (χ4v) is 3.27. The molecule has 2 aliphatic heterocycles. The number of carbonyl (C=O) groups is 1. The number of fused-ring (bicyclic) bond motifs is 1. The third-order valence-corrected chi connectivity index (χ3v) is 4.57. The van der Waals surface area contributed by atoms with E-state index < -0.39 is 0 Å². The predicted octanol–water partition coefficient (Wildman–Crippen LogP) is 2.21. The molecule has 3 atom stereocenters. The second-order valence-electron chi connectivity index (χ2n) is 6.24. The Hall–Kier alpha value is -1.32. The highest BCUT2D eigenvalue weighted by Gasteiger charge is 2.39. The van der Waals surface area contributed by atoms with Crippen molar-refractivity contribution in [2.75, 3.05) is 13.1 Å². The molecular formula is C15H22N2O2. The van der Waals surface area contributed by atoms with Gasteiger partial charge in [0, 0.05) is 19.5 Å². The molecule has 0 aromatic carbocycles. The van der Waals surface area contributed by atoms with Crippen molar-refractivity contribution in [3.63, 3.8) is 0 Å². The lowest BCUT2D eigenvalue weighted by atomic mass is 9.86. The molecule has 3 rings (SSSR count). The van der Waals surface area contributed by atoms with Crippen LogP contribution in [0.15, 0.2) is 17.3 Å². The Bertz CT molecular complexity index is 412. The van der Waals surface area contributed by atoms with Gasteiger partial charge in [0.05, 0.1) is 5.71 Å². The molecule has 0 radical (unpaired) electrons. The molecule has 4 nitrogen and oxygen atoms in total. The van der Waals surface area contributed by atoms with Crippen LogP contribution in [0.3, 0.4) is 0 Å². The molecule has 3 aliphatic rings. The number of rotatable bonds is 2. The minimum Gasteiger partial charge on any atom is -0.382 e. The monoisotopic (exact) mass is 262 g/mol. The van der Waals surface area contributed by atoms with Gasteiger partial charge < -0.3 is 9.74 Å². The van der Waals surface area contributed by atoms with Crippen molar-refractivity contribution in [2.24, 2.45) is 22.9 Å². The zero-order valence-corrected chi connectivity index (χ0v) is 11.7. The fraction of sp³-hybridized carbons (Fsp3) is 0.733. The van der Waals surface area contributed by atoms with Crippen molar-refractivity contribution in [3.05, 3.63) is 12.2 Å². The highest BCUT2D eigenvalue weighted by molar-refractivity contribution is 5.93. The van der Waals surface area contributed by atoms with Gasteiger partial charge >= 0.3 is 0 Å². The Labute approximate surface area is 114 Å². The van der Waals surface area contributed by atoms with Gasteiger partial charge in [-0.1, -0.05) is 31.2 Å². The summed E-state index contributed by atoms with van der Waals surface area (Å²) in [6.07, 6.45) is 7.04. The SMILES string of the molecule is CC(C)C1=NOC(C(=O)N2C[C@H]3CC=CC[C@H]3C2)C1. The second kappa shape index (κ2) is 4.99. The van der Waals surface area contributed by atoms with E-state index in [0.29, 0.717) is 24.2 Å². The smallest absolute Gasteiger partial charge is 0.266 e. The summed E-state index contributed by atoms with van der Waals surface area (Å²) in [6, 6.07) is 0. The van der Waals surface area contributed by atoms with Crippen LogP contribution in [-0.2, 0) is 9.63 Å². The standard InChI is InChI=1S/C15H22N2O2/c1-10(2)13-7-14(19-16-13)15(18)17-8-11-5-3-4-6-12(11)9-17/h3-4,10-12,14H,5-9H2,1-2H3/t11-,12+,14?. The van der Waals surface area contributed by atoms with Gasteiger partial charge in [-0.2, -0.15) is 0 Å². The molecule has 1 amide bonds. The van der Waals surface area contributed by atoms with Crippen molar-refractivity contribution in [1.29, 1.82) is 0 Å². The molecule has 0 aromatic heterocycles. The van der Waals surface area contributed by atoms with Crippen LogP contribution in [0.2, 0.25) is 0 Å². The Morgan fingerprint density at radius 2 is 1.95 bits per heavy atom. The quantitative estimate of drug-likeness (QED) is 0.716. The molecular weight excluding hydrogens is 240 g/mol. The van der Waals surface area contributed by atoms with Crippen LogP contribution in [0.4, 0.5) is 0 Å².